The Hall–Kier alpha value is 0.0284. The van der Waals surface area contributed by atoms with Crippen molar-refractivity contribution in [3.05, 3.63) is 0 Å². The molecule has 104 valence electrons. The number of carboxylic acids is 1. The molecule has 1 N–H and O–H groups in total. The Bertz CT molecular complexity index is 183. The van der Waals surface area contributed by atoms with Crippen LogP contribution in [0, 0.1) is 0 Å². The fraction of sp³-hybridized carbons (Fsp3) is 0.929. The van der Waals surface area contributed by atoms with Gasteiger partial charge in [-0.2, -0.15) is 0 Å². The van der Waals surface area contributed by atoms with Gasteiger partial charge >= 0.3 is 110 Å². The molecule has 0 amide bonds. The van der Waals surface area contributed by atoms with Gasteiger partial charge in [0.2, 0.25) is 0 Å². The van der Waals surface area contributed by atoms with Crippen LogP contribution in [-0.2, 0) is 4.79 Å². The van der Waals surface area contributed by atoms with E-state index in [0.29, 0.717) is 5.21 Å². The van der Waals surface area contributed by atoms with Crippen LogP contribution < -0.4 is 0 Å². The van der Waals surface area contributed by atoms with E-state index in [9.17, 15) is 9.90 Å². The summed E-state index contributed by atoms with van der Waals surface area (Å²) < 4.78 is 0. The van der Waals surface area contributed by atoms with Gasteiger partial charge < -0.3 is 0 Å². The van der Waals surface area contributed by atoms with E-state index in [1.54, 1.807) is 0 Å². The minimum atomic E-state index is -2.08. The van der Waals surface area contributed by atoms with Crippen LogP contribution in [0.5, 0.6) is 0 Å². The molecule has 0 unspecified atom stereocenters. The summed E-state index contributed by atoms with van der Waals surface area (Å²) in [5.74, 6) is -0.534. The van der Waals surface area contributed by atoms with Gasteiger partial charge in [-0.1, -0.05) is 0 Å². The molecular weight excluding hydrogens is 275 g/mol. The molecule has 0 saturated carbocycles. The van der Waals surface area contributed by atoms with Gasteiger partial charge in [0.15, 0.2) is 0 Å². The molecule has 17 heavy (non-hydrogen) atoms. The molecule has 0 fully saturated rings. The second-order valence-corrected chi connectivity index (χ2v) is 15.6. The number of aliphatic carboxylic acids is 1. The van der Waals surface area contributed by atoms with Gasteiger partial charge in [-0.15, -0.1) is 0 Å². The number of unbranched alkanes of at least 4 members (excludes halogenated alkanes) is 3. The van der Waals surface area contributed by atoms with E-state index in [2.05, 4.69) is 20.8 Å². The van der Waals surface area contributed by atoms with Crippen molar-refractivity contribution in [1.29, 1.82) is 0 Å². The summed E-state index contributed by atoms with van der Waals surface area (Å²) in [6.45, 7) is 6.65. The van der Waals surface area contributed by atoms with Crippen molar-refractivity contribution < 1.29 is 9.90 Å². The maximum atomic E-state index is 11.2. The molecule has 0 bridgehead atoms. The van der Waals surface area contributed by atoms with Crippen LogP contribution in [0.3, 0.4) is 0 Å². The van der Waals surface area contributed by atoms with Crippen molar-refractivity contribution in [2.24, 2.45) is 0 Å². The van der Waals surface area contributed by atoms with Crippen LogP contribution in [0.25, 0.3) is 0 Å². The maximum absolute atomic E-state index is 11.2. The average molecular weight is 306 g/mol. The molecule has 0 aliphatic heterocycles. The van der Waals surface area contributed by atoms with Crippen molar-refractivity contribution in [2.75, 3.05) is 0 Å². The fourth-order valence-electron chi connectivity index (χ4n) is 2.62. The molecule has 0 aromatic heterocycles. The first-order valence-corrected chi connectivity index (χ1v) is 13.3. The predicted octanol–water partition coefficient (Wildman–Crippen LogP) is 4.65. The zero-order chi connectivity index (χ0) is 13.1. The first-order chi connectivity index (χ1) is 8.10. The third-order valence-electron chi connectivity index (χ3n) is 3.71. The van der Waals surface area contributed by atoms with E-state index in [1.165, 1.54) is 54.2 Å². The molecule has 0 spiro atoms. The van der Waals surface area contributed by atoms with Crippen molar-refractivity contribution >= 4 is 19.5 Å². The standard InChI is InChI=1S/C14H31AsO2/c1-4-7-10-15(11-8-5-2,12-9-6-3)13-14(16)17/h15H,4-13H2,1-3H3,(H,16,17). The van der Waals surface area contributed by atoms with Crippen LogP contribution in [0.4, 0.5) is 0 Å². The fourth-order valence-corrected chi connectivity index (χ4v) is 13.6. The number of carboxylic acid groups (broad SMARTS) is 1. The number of rotatable bonds is 11. The van der Waals surface area contributed by atoms with E-state index in [4.69, 9.17) is 0 Å². The zero-order valence-electron chi connectivity index (χ0n) is 11.9. The quantitative estimate of drug-likeness (QED) is 0.564. The Balaban J connectivity index is 4.56. The SMILES string of the molecule is CCCC[AsH](CCCC)(CCCC)CC(=O)O. The molecule has 0 heterocycles. The zero-order valence-corrected chi connectivity index (χ0v) is 14.0. The summed E-state index contributed by atoms with van der Waals surface area (Å²) in [5, 5.41) is 13.6. The predicted molar refractivity (Wildman–Crippen MR) is 78.7 cm³/mol. The first kappa shape index (κ1) is 17.0. The molecule has 0 aliphatic carbocycles. The molecule has 0 saturated heterocycles. The van der Waals surface area contributed by atoms with E-state index in [1.807, 2.05) is 0 Å². The van der Waals surface area contributed by atoms with Crippen molar-refractivity contribution in [3.63, 3.8) is 0 Å². The van der Waals surface area contributed by atoms with Crippen molar-refractivity contribution in [2.45, 2.75) is 80.1 Å². The van der Waals surface area contributed by atoms with Crippen LogP contribution in [0.1, 0.15) is 59.3 Å². The average Bonchev–Trinajstić information content (AvgIpc) is 2.30. The number of hydrogen-bond acceptors (Lipinski definition) is 1. The second-order valence-electron chi connectivity index (χ2n) is 5.38. The van der Waals surface area contributed by atoms with Crippen molar-refractivity contribution in [3.8, 4) is 0 Å². The number of hydrogen-bond donors (Lipinski definition) is 1. The molecule has 0 rings (SSSR count). The Morgan fingerprint density at radius 2 is 1.24 bits per heavy atom. The Kier molecular flexibility index (Phi) is 10.0. The first-order valence-electron chi connectivity index (χ1n) is 7.32. The van der Waals surface area contributed by atoms with E-state index >= 15 is 0 Å². The Labute approximate surface area is 110 Å². The van der Waals surface area contributed by atoms with Gasteiger partial charge in [-0.25, -0.2) is 0 Å². The van der Waals surface area contributed by atoms with E-state index in [0.717, 1.165) is 0 Å². The summed E-state index contributed by atoms with van der Waals surface area (Å²) >= 11 is -2.08. The van der Waals surface area contributed by atoms with Crippen LogP contribution in [0.15, 0.2) is 0 Å². The molecule has 0 aromatic rings. The summed E-state index contributed by atoms with van der Waals surface area (Å²) in [4.78, 5) is 11.2. The van der Waals surface area contributed by atoms with Crippen LogP contribution in [-0.4, -0.2) is 24.6 Å². The molecule has 0 atom stereocenters. The summed E-state index contributed by atoms with van der Waals surface area (Å²) in [5.41, 5.74) is 0. The Morgan fingerprint density at radius 1 is 0.882 bits per heavy atom. The molecular formula is C14H31AsO2. The van der Waals surface area contributed by atoms with Crippen molar-refractivity contribution in [1.82, 2.24) is 0 Å². The Morgan fingerprint density at radius 3 is 1.47 bits per heavy atom. The van der Waals surface area contributed by atoms with Crippen LogP contribution in [0.2, 0.25) is 20.8 Å². The molecule has 3 heteroatoms. The summed E-state index contributed by atoms with van der Waals surface area (Å²) in [6, 6.07) is 0. The van der Waals surface area contributed by atoms with Gasteiger partial charge in [-0.3, -0.25) is 0 Å². The number of carbonyl (C=O) groups is 1. The van der Waals surface area contributed by atoms with E-state index < -0.39 is 19.5 Å². The normalized spacial score (nSPS) is 12.6. The van der Waals surface area contributed by atoms with Gasteiger partial charge in [0, 0.05) is 0 Å². The third kappa shape index (κ3) is 7.86. The third-order valence-corrected chi connectivity index (χ3v) is 14.8. The minimum absolute atomic E-state index is 0.534. The van der Waals surface area contributed by atoms with Gasteiger partial charge in [-0.05, 0) is 0 Å². The van der Waals surface area contributed by atoms with Crippen LogP contribution >= 0.6 is 0 Å². The second kappa shape index (κ2) is 10.00. The molecule has 0 aromatic carbocycles. The van der Waals surface area contributed by atoms with Gasteiger partial charge in [0.25, 0.3) is 0 Å². The molecule has 0 aliphatic rings. The topological polar surface area (TPSA) is 37.3 Å². The molecule has 2 nitrogen and oxygen atoms in total. The summed E-state index contributed by atoms with van der Waals surface area (Å²) in [7, 11) is 0. The van der Waals surface area contributed by atoms with Gasteiger partial charge in [0.05, 0.1) is 0 Å². The summed E-state index contributed by atoms with van der Waals surface area (Å²) in [6.07, 6.45) is 7.39. The molecule has 0 radical (unpaired) electrons. The van der Waals surface area contributed by atoms with Gasteiger partial charge in [0.1, 0.15) is 0 Å². The monoisotopic (exact) mass is 306 g/mol. The van der Waals surface area contributed by atoms with E-state index in [-0.39, 0.29) is 0 Å².